The molecule has 0 spiro atoms. The summed E-state index contributed by atoms with van der Waals surface area (Å²) in [4.78, 5) is 43.9. The van der Waals surface area contributed by atoms with Crippen LogP contribution in [0.1, 0.15) is 29.8 Å². The van der Waals surface area contributed by atoms with Crippen LogP contribution in [0.5, 0.6) is 11.5 Å². The lowest BCUT2D eigenvalue weighted by molar-refractivity contribution is -0.133. The van der Waals surface area contributed by atoms with E-state index in [9.17, 15) is 14.4 Å². The summed E-state index contributed by atoms with van der Waals surface area (Å²) in [6.07, 6.45) is 0.934. The van der Waals surface area contributed by atoms with Crippen molar-refractivity contribution < 1.29 is 23.9 Å². The van der Waals surface area contributed by atoms with Gasteiger partial charge >= 0.3 is 0 Å². The Morgan fingerprint density at radius 2 is 1.74 bits per heavy atom. The highest BCUT2D eigenvalue weighted by molar-refractivity contribution is 6.04. The Morgan fingerprint density at radius 3 is 2.41 bits per heavy atom. The monoisotopic (exact) mass is 465 g/mol. The van der Waals surface area contributed by atoms with E-state index in [4.69, 9.17) is 9.47 Å². The van der Waals surface area contributed by atoms with Crippen LogP contribution in [0.15, 0.2) is 42.5 Å². The van der Waals surface area contributed by atoms with Crippen molar-refractivity contribution in [2.45, 2.75) is 20.3 Å². The van der Waals surface area contributed by atoms with Crippen molar-refractivity contribution in [3.05, 3.63) is 53.6 Å². The van der Waals surface area contributed by atoms with Gasteiger partial charge in [0.2, 0.25) is 5.91 Å². The summed E-state index contributed by atoms with van der Waals surface area (Å²) in [6, 6.07) is 12.6. The van der Waals surface area contributed by atoms with Crippen LogP contribution in [-0.2, 0) is 16.0 Å². The topological polar surface area (TPSA) is 79.4 Å². The highest BCUT2D eigenvalue weighted by Gasteiger charge is 2.30. The number of aryl methyl sites for hydroxylation is 1. The Kier molecular flexibility index (Phi) is 7.47. The maximum atomic E-state index is 12.9. The first kappa shape index (κ1) is 23.8. The van der Waals surface area contributed by atoms with E-state index in [-0.39, 0.29) is 37.4 Å². The quantitative estimate of drug-likeness (QED) is 0.557. The molecule has 8 nitrogen and oxygen atoms in total. The normalized spacial score (nSPS) is 16.1. The summed E-state index contributed by atoms with van der Waals surface area (Å²) in [5.74, 6) is 0.480. The van der Waals surface area contributed by atoms with Crippen molar-refractivity contribution in [1.82, 2.24) is 9.80 Å². The summed E-state index contributed by atoms with van der Waals surface area (Å²) < 4.78 is 11.2. The number of rotatable bonds is 8. The van der Waals surface area contributed by atoms with Crippen LogP contribution >= 0.6 is 0 Å². The van der Waals surface area contributed by atoms with Gasteiger partial charge in [0, 0.05) is 31.7 Å². The minimum absolute atomic E-state index is 0.0702. The molecule has 180 valence electrons. The average Bonchev–Trinajstić information content (AvgIpc) is 2.88. The molecule has 2 aromatic rings. The number of piperazine rings is 1. The summed E-state index contributed by atoms with van der Waals surface area (Å²) in [5.41, 5.74) is 2.03. The van der Waals surface area contributed by atoms with Gasteiger partial charge in [-0.25, -0.2) is 0 Å². The molecule has 2 aliphatic rings. The summed E-state index contributed by atoms with van der Waals surface area (Å²) in [5, 5.41) is 0. The van der Waals surface area contributed by atoms with Crippen LogP contribution in [0.3, 0.4) is 0 Å². The number of hydrogen-bond donors (Lipinski definition) is 0. The first-order valence-corrected chi connectivity index (χ1v) is 11.8. The van der Waals surface area contributed by atoms with Gasteiger partial charge < -0.3 is 19.3 Å². The van der Waals surface area contributed by atoms with E-state index in [1.165, 1.54) is 10.5 Å². The van der Waals surface area contributed by atoms with E-state index in [0.29, 0.717) is 35.8 Å². The van der Waals surface area contributed by atoms with Crippen LogP contribution in [-0.4, -0.2) is 79.9 Å². The van der Waals surface area contributed by atoms with Crippen molar-refractivity contribution in [3.8, 4) is 11.5 Å². The molecule has 1 saturated heterocycles. The number of ketones is 1. The molecule has 2 heterocycles. The van der Waals surface area contributed by atoms with Gasteiger partial charge in [-0.15, -0.1) is 0 Å². The molecule has 0 atom stereocenters. The van der Waals surface area contributed by atoms with E-state index >= 15 is 0 Å². The van der Waals surface area contributed by atoms with E-state index in [1.54, 1.807) is 23.1 Å². The lowest BCUT2D eigenvalue weighted by atomic mass is 10.1. The minimum Gasteiger partial charge on any atom is -0.485 e. The summed E-state index contributed by atoms with van der Waals surface area (Å²) in [6.45, 7) is 7.76. The Labute approximate surface area is 200 Å². The number of nitrogens with zero attached hydrogens (tertiary/aromatic N) is 3. The van der Waals surface area contributed by atoms with E-state index in [0.717, 1.165) is 26.1 Å². The molecular formula is C26H31N3O5. The summed E-state index contributed by atoms with van der Waals surface area (Å²) >= 11 is 0. The Morgan fingerprint density at radius 1 is 1.00 bits per heavy atom. The number of carbonyl (C=O) groups is 3. The number of benzene rings is 2. The molecule has 0 unspecified atom stereocenters. The molecule has 0 N–H and O–H groups in total. The zero-order valence-corrected chi connectivity index (χ0v) is 19.8. The fourth-order valence-electron chi connectivity index (χ4n) is 4.15. The third kappa shape index (κ3) is 5.39. The number of hydrogen-bond acceptors (Lipinski definition) is 6. The zero-order chi connectivity index (χ0) is 24.1. The van der Waals surface area contributed by atoms with Crippen LogP contribution < -0.4 is 14.4 Å². The van der Waals surface area contributed by atoms with Gasteiger partial charge in [-0.2, -0.15) is 0 Å². The predicted molar refractivity (Wildman–Crippen MR) is 129 cm³/mol. The van der Waals surface area contributed by atoms with Crippen LogP contribution in [0.4, 0.5) is 5.69 Å². The molecule has 2 amide bonds. The van der Waals surface area contributed by atoms with Crippen molar-refractivity contribution in [3.63, 3.8) is 0 Å². The third-order valence-corrected chi connectivity index (χ3v) is 6.39. The van der Waals surface area contributed by atoms with Gasteiger partial charge in [-0.3, -0.25) is 19.3 Å². The average molecular weight is 466 g/mol. The number of amides is 2. The molecule has 0 radical (unpaired) electrons. The summed E-state index contributed by atoms with van der Waals surface area (Å²) in [7, 11) is 0. The molecule has 0 aromatic heterocycles. The second-order valence-corrected chi connectivity index (χ2v) is 8.48. The van der Waals surface area contributed by atoms with E-state index in [1.807, 2.05) is 24.3 Å². The standard InChI is InChI=1S/C26H31N3O5/c1-3-19-5-8-21(9-6-19)33-17-23(30)20-7-10-24-22(15-20)29(26(32)18-34-24)16-25(31)28-13-11-27(4-2)12-14-28/h5-10,15H,3-4,11-14,16-18H2,1-2H3. The number of fused-ring (bicyclic) bond motifs is 1. The number of ether oxygens (including phenoxy) is 2. The molecule has 8 heteroatoms. The van der Waals surface area contributed by atoms with Gasteiger partial charge in [0.15, 0.2) is 19.0 Å². The minimum atomic E-state index is -0.301. The largest absolute Gasteiger partial charge is 0.485 e. The molecule has 0 saturated carbocycles. The maximum Gasteiger partial charge on any atom is 0.265 e. The molecule has 34 heavy (non-hydrogen) atoms. The number of anilines is 1. The Bertz CT molecular complexity index is 1040. The first-order chi connectivity index (χ1) is 16.5. The van der Waals surface area contributed by atoms with Crippen LogP contribution in [0.2, 0.25) is 0 Å². The van der Waals surface area contributed by atoms with Gasteiger partial charge in [-0.05, 0) is 48.9 Å². The highest BCUT2D eigenvalue weighted by Crippen LogP contribution is 2.33. The number of Topliss-reactive ketones (excluding diaryl/α,β-unsaturated/α-hetero) is 1. The van der Waals surface area contributed by atoms with Crippen LogP contribution in [0.25, 0.3) is 0 Å². The van der Waals surface area contributed by atoms with E-state index < -0.39 is 0 Å². The lowest BCUT2D eigenvalue weighted by Gasteiger charge is -2.36. The second-order valence-electron chi connectivity index (χ2n) is 8.48. The van der Waals surface area contributed by atoms with Crippen molar-refractivity contribution in [2.24, 2.45) is 0 Å². The fraction of sp³-hybridized carbons (Fsp3) is 0.423. The number of carbonyl (C=O) groups excluding carboxylic acids is 3. The molecule has 2 aromatic carbocycles. The molecular weight excluding hydrogens is 434 g/mol. The molecule has 4 rings (SSSR count). The van der Waals surface area contributed by atoms with Crippen LogP contribution in [0, 0.1) is 0 Å². The van der Waals surface area contributed by atoms with Gasteiger partial charge in [0.1, 0.15) is 18.0 Å². The van der Waals surface area contributed by atoms with Crippen molar-refractivity contribution >= 4 is 23.3 Å². The van der Waals surface area contributed by atoms with Gasteiger partial charge in [0.25, 0.3) is 5.91 Å². The maximum absolute atomic E-state index is 12.9. The van der Waals surface area contributed by atoms with Gasteiger partial charge in [-0.1, -0.05) is 26.0 Å². The van der Waals surface area contributed by atoms with Gasteiger partial charge in [0.05, 0.1) is 5.69 Å². The smallest absolute Gasteiger partial charge is 0.265 e. The molecule has 0 aliphatic carbocycles. The third-order valence-electron chi connectivity index (χ3n) is 6.39. The van der Waals surface area contributed by atoms with Crippen molar-refractivity contribution in [2.75, 3.05) is 57.4 Å². The van der Waals surface area contributed by atoms with E-state index in [2.05, 4.69) is 18.7 Å². The highest BCUT2D eigenvalue weighted by atomic mass is 16.5. The Hall–Kier alpha value is -3.39. The van der Waals surface area contributed by atoms with Crippen molar-refractivity contribution in [1.29, 1.82) is 0 Å². The molecule has 2 aliphatic heterocycles. The second kappa shape index (κ2) is 10.7. The lowest BCUT2D eigenvalue weighted by Crippen LogP contribution is -2.52. The SMILES string of the molecule is CCc1ccc(OCC(=O)c2ccc3c(c2)N(CC(=O)N2CCN(CC)CC2)C(=O)CO3)cc1. The Balaban J connectivity index is 1.44. The fourth-order valence-corrected chi connectivity index (χ4v) is 4.15. The molecule has 0 bridgehead atoms. The zero-order valence-electron chi connectivity index (χ0n) is 19.8. The first-order valence-electron chi connectivity index (χ1n) is 11.8. The number of likely N-dealkylation sites (N-methyl/N-ethyl adjacent to an activating group) is 1. The molecule has 1 fully saturated rings. The predicted octanol–water partition coefficient (Wildman–Crippen LogP) is 2.40.